The predicted molar refractivity (Wildman–Crippen MR) is 111 cm³/mol. The minimum Gasteiger partial charge on any atom is -0.495 e. The van der Waals surface area contributed by atoms with Crippen LogP contribution in [0.1, 0.15) is 36.5 Å². The van der Waals surface area contributed by atoms with Crippen molar-refractivity contribution in [3.05, 3.63) is 58.1 Å². The number of rotatable bonds is 6. The van der Waals surface area contributed by atoms with Crippen molar-refractivity contribution in [1.82, 2.24) is 4.31 Å². The van der Waals surface area contributed by atoms with Crippen LogP contribution in [0, 0.1) is 10.1 Å². The highest BCUT2D eigenvalue weighted by molar-refractivity contribution is 7.89. The molecule has 10 heteroatoms. The third-order valence-corrected chi connectivity index (χ3v) is 7.13. The summed E-state index contributed by atoms with van der Waals surface area (Å²) in [6.07, 6.45) is 2.66. The Morgan fingerprint density at radius 3 is 2.50 bits per heavy atom. The number of carbonyl (C=O) groups is 1. The minimum absolute atomic E-state index is 0.0620. The summed E-state index contributed by atoms with van der Waals surface area (Å²) in [5.41, 5.74) is 0.174. The molecule has 1 aliphatic rings. The molecule has 1 atom stereocenters. The molecule has 3 rings (SSSR count). The Kier molecular flexibility index (Phi) is 6.37. The molecule has 1 amide bonds. The fourth-order valence-corrected chi connectivity index (χ4v) is 5.14. The SMILES string of the molecule is COc1ccc([N+](=O)[O-])cc1NC(=O)c1ccc(S(=O)(=O)N2CCCCC2C)cc1. The van der Waals surface area contributed by atoms with Crippen LogP contribution < -0.4 is 10.1 Å². The Balaban J connectivity index is 1.80. The molecule has 1 unspecified atom stereocenters. The van der Waals surface area contributed by atoms with Crippen molar-refractivity contribution in [3.8, 4) is 5.75 Å². The first-order chi connectivity index (χ1) is 14.2. The molecule has 1 N–H and O–H groups in total. The van der Waals surface area contributed by atoms with Crippen LogP contribution in [0.3, 0.4) is 0 Å². The summed E-state index contributed by atoms with van der Waals surface area (Å²) in [7, 11) is -2.24. The molecule has 2 aromatic carbocycles. The third-order valence-electron chi connectivity index (χ3n) is 5.11. The van der Waals surface area contributed by atoms with E-state index < -0.39 is 20.9 Å². The summed E-state index contributed by atoms with van der Waals surface area (Å²) in [5.74, 6) is -0.267. The first kappa shape index (κ1) is 21.7. The molecule has 0 spiro atoms. The Morgan fingerprint density at radius 1 is 1.20 bits per heavy atom. The van der Waals surface area contributed by atoms with Crippen LogP contribution >= 0.6 is 0 Å². The maximum absolute atomic E-state index is 12.9. The van der Waals surface area contributed by atoms with Gasteiger partial charge >= 0.3 is 0 Å². The average Bonchev–Trinajstić information content (AvgIpc) is 2.73. The third kappa shape index (κ3) is 4.44. The zero-order chi connectivity index (χ0) is 21.9. The average molecular weight is 433 g/mol. The fraction of sp³-hybridized carbons (Fsp3) is 0.350. The molecule has 0 aromatic heterocycles. The van der Waals surface area contributed by atoms with E-state index in [1.165, 1.54) is 53.9 Å². The van der Waals surface area contributed by atoms with Crippen molar-refractivity contribution < 1.29 is 22.9 Å². The lowest BCUT2D eigenvalue weighted by Crippen LogP contribution is -2.41. The molecule has 30 heavy (non-hydrogen) atoms. The monoisotopic (exact) mass is 433 g/mol. The van der Waals surface area contributed by atoms with E-state index in [1.54, 1.807) is 0 Å². The number of nitrogens with zero attached hydrogens (tertiary/aromatic N) is 2. The summed E-state index contributed by atoms with van der Waals surface area (Å²) in [4.78, 5) is 23.1. The van der Waals surface area contributed by atoms with Crippen LogP contribution in [-0.4, -0.2) is 43.2 Å². The number of ether oxygens (including phenoxy) is 1. The number of benzene rings is 2. The van der Waals surface area contributed by atoms with E-state index in [0.29, 0.717) is 6.54 Å². The van der Waals surface area contributed by atoms with Crippen molar-refractivity contribution in [2.75, 3.05) is 19.0 Å². The summed E-state index contributed by atoms with van der Waals surface area (Å²) in [6.45, 7) is 2.38. The van der Waals surface area contributed by atoms with E-state index >= 15 is 0 Å². The Morgan fingerprint density at radius 2 is 1.90 bits per heavy atom. The lowest BCUT2D eigenvalue weighted by Gasteiger charge is -2.32. The lowest BCUT2D eigenvalue weighted by atomic mass is 10.1. The number of piperidine rings is 1. The van der Waals surface area contributed by atoms with Gasteiger partial charge in [-0.15, -0.1) is 0 Å². The lowest BCUT2D eigenvalue weighted by molar-refractivity contribution is -0.384. The molecule has 0 bridgehead atoms. The molecule has 1 aliphatic heterocycles. The van der Waals surface area contributed by atoms with Crippen LogP contribution in [0.4, 0.5) is 11.4 Å². The molecule has 9 nitrogen and oxygen atoms in total. The highest BCUT2D eigenvalue weighted by Gasteiger charge is 2.31. The first-order valence-electron chi connectivity index (χ1n) is 9.49. The molecule has 1 fully saturated rings. The standard InChI is InChI=1S/C20H23N3O6S/c1-14-5-3-4-12-22(14)30(27,28)17-9-6-15(7-10-17)20(24)21-18-13-16(23(25)26)8-11-19(18)29-2/h6-11,13-14H,3-5,12H2,1-2H3,(H,21,24). The van der Waals surface area contributed by atoms with Crippen LogP contribution in [0.15, 0.2) is 47.4 Å². The smallest absolute Gasteiger partial charge is 0.271 e. The minimum atomic E-state index is -3.63. The van der Waals surface area contributed by atoms with Gasteiger partial charge in [0.2, 0.25) is 10.0 Å². The molecule has 2 aromatic rings. The highest BCUT2D eigenvalue weighted by Crippen LogP contribution is 2.30. The van der Waals surface area contributed by atoms with Gasteiger partial charge in [-0.1, -0.05) is 6.42 Å². The van der Waals surface area contributed by atoms with Crippen LogP contribution in [-0.2, 0) is 10.0 Å². The number of nitro benzene ring substituents is 1. The molecule has 0 radical (unpaired) electrons. The molecular formula is C20H23N3O6S. The van der Waals surface area contributed by atoms with Gasteiger partial charge in [0.25, 0.3) is 11.6 Å². The Labute approximate surface area is 174 Å². The van der Waals surface area contributed by atoms with Crippen LogP contribution in [0.25, 0.3) is 0 Å². The number of non-ortho nitro benzene ring substituents is 1. The number of anilines is 1. The second kappa shape index (κ2) is 8.80. The zero-order valence-corrected chi connectivity index (χ0v) is 17.5. The second-order valence-electron chi connectivity index (χ2n) is 7.08. The highest BCUT2D eigenvalue weighted by atomic mass is 32.2. The van der Waals surface area contributed by atoms with Gasteiger partial charge in [-0.05, 0) is 50.1 Å². The first-order valence-corrected chi connectivity index (χ1v) is 10.9. The number of methoxy groups -OCH3 is 1. The molecule has 0 aliphatic carbocycles. The molecular weight excluding hydrogens is 410 g/mol. The van der Waals surface area contributed by atoms with Gasteiger partial charge in [0.05, 0.1) is 22.6 Å². The van der Waals surface area contributed by atoms with Crippen molar-refractivity contribution in [2.24, 2.45) is 0 Å². The number of amides is 1. The Bertz CT molecular complexity index is 1050. The van der Waals surface area contributed by atoms with E-state index in [4.69, 9.17) is 4.74 Å². The molecule has 0 saturated carbocycles. The molecule has 160 valence electrons. The van der Waals surface area contributed by atoms with E-state index in [2.05, 4.69) is 5.32 Å². The van der Waals surface area contributed by atoms with Gasteiger partial charge in [0.1, 0.15) is 5.75 Å². The maximum Gasteiger partial charge on any atom is 0.271 e. The number of hydrogen-bond donors (Lipinski definition) is 1. The summed E-state index contributed by atoms with van der Waals surface area (Å²) >= 11 is 0. The zero-order valence-electron chi connectivity index (χ0n) is 16.7. The topological polar surface area (TPSA) is 119 Å². The maximum atomic E-state index is 12.9. The summed E-state index contributed by atoms with van der Waals surface area (Å²) in [5, 5.41) is 13.6. The van der Waals surface area contributed by atoms with Crippen LogP contribution in [0.5, 0.6) is 5.75 Å². The molecule has 1 heterocycles. The van der Waals surface area contributed by atoms with Crippen molar-refractivity contribution in [3.63, 3.8) is 0 Å². The largest absolute Gasteiger partial charge is 0.495 e. The van der Waals surface area contributed by atoms with E-state index in [-0.39, 0.29) is 33.6 Å². The molecule has 1 saturated heterocycles. The summed E-state index contributed by atoms with van der Waals surface area (Å²) in [6, 6.07) is 9.44. The van der Waals surface area contributed by atoms with Gasteiger partial charge in [-0.25, -0.2) is 8.42 Å². The van der Waals surface area contributed by atoms with Crippen molar-refractivity contribution in [2.45, 2.75) is 37.1 Å². The number of nitrogens with one attached hydrogen (secondary N) is 1. The van der Waals surface area contributed by atoms with Gasteiger partial charge < -0.3 is 10.1 Å². The number of carbonyl (C=O) groups excluding carboxylic acids is 1. The van der Waals surface area contributed by atoms with Gasteiger partial charge in [-0.3, -0.25) is 14.9 Å². The predicted octanol–water partition coefficient (Wildman–Crippen LogP) is 3.42. The quantitative estimate of drug-likeness (QED) is 0.551. The number of nitro groups is 1. The van der Waals surface area contributed by atoms with Crippen molar-refractivity contribution in [1.29, 1.82) is 0 Å². The van der Waals surface area contributed by atoms with Gasteiger partial charge in [-0.2, -0.15) is 4.31 Å². The normalized spacial score (nSPS) is 17.3. The fourth-order valence-electron chi connectivity index (χ4n) is 3.44. The van der Waals surface area contributed by atoms with Gasteiger partial charge in [0, 0.05) is 30.3 Å². The summed E-state index contributed by atoms with van der Waals surface area (Å²) < 4.78 is 32.4. The number of sulfonamides is 1. The Hall–Kier alpha value is -2.98. The van der Waals surface area contributed by atoms with Crippen molar-refractivity contribution >= 4 is 27.3 Å². The van der Waals surface area contributed by atoms with E-state index in [0.717, 1.165) is 19.3 Å². The van der Waals surface area contributed by atoms with Gasteiger partial charge in [0.15, 0.2) is 0 Å². The van der Waals surface area contributed by atoms with E-state index in [1.807, 2.05) is 6.92 Å². The van der Waals surface area contributed by atoms with Crippen LogP contribution in [0.2, 0.25) is 0 Å². The van der Waals surface area contributed by atoms with E-state index in [9.17, 15) is 23.3 Å². The number of hydrogen-bond acceptors (Lipinski definition) is 6. The second-order valence-corrected chi connectivity index (χ2v) is 8.97.